The zero-order valence-electron chi connectivity index (χ0n) is 8.09. The van der Waals surface area contributed by atoms with E-state index in [-0.39, 0.29) is 5.91 Å². The second-order valence-electron chi connectivity index (χ2n) is 2.94. The predicted octanol–water partition coefficient (Wildman–Crippen LogP) is 1.06. The van der Waals surface area contributed by atoms with Gasteiger partial charge in [0.1, 0.15) is 0 Å². The van der Waals surface area contributed by atoms with E-state index in [0.717, 1.165) is 5.57 Å². The van der Waals surface area contributed by atoms with E-state index in [4.69, 9.17) is 4.74 Å². The van der Waals surface area contributed by atoms with Gasteiger partial charge in [0, 0.05) is 27.1 Å². The van der Waals surface area contributed by atoms with E-state index in [1.807, 2.05) is 6.92 Å². The molecular weight excluding hydrogens is 154 g/mol. The minimum atomic E-state index is 0.0968. The van der Waals surface area contributed by atoms with Crippen molar-refractivity contribution < 1.29 is 9.53 Å². The molecule has 1 amide bonds. The summed E-state index contributed by atoms with van der Waals surface area (Å²) in [6.07, 6.45) is 0.431. The normalized spacial score (nSPS) is 9.58. The summed E-state index contributed by atoms with van der Waals surface area (Å²) in [7, 11) is 3.39. The maximum atomic E-state index is 11.3. The van der Waals surface area contributed by atoms with E-state index < -0.39 is 0 Å². The van der Waals surface area contributed by atoms with Crippen LogP contribution in [0.5, 0.6) is 0 Å². The van der Waals surface area contributed by atoms with Gasteiger partial charge in [0.2, 0.25) is 5.91 Å². The van der Waals surface area contributed by atoms with Gasteiger partial charge in [-0.3, -0.25) is 4.79 Å². The van der Waals surface area contributed by atoms with Crippen LogP contribution in [-0.4, -0.2) is 38.1 Å². The van der Waals surface area contributed by atoms with Gasteiger partial charge >= 0.3 is 0 Å². The molecule has 3 heteroatoms. The Hall–Kier alpha value is -0.830. The van der Waals surface area contributed by atoms with E-state index in [1.54, 1.807) is 19.1 Å². The number of amides is 1. The average Bonchev–Trinajstić information content (AvgIpc) is 1.98. The van der Waals surface area contributed by atoms with Crippen LogP contribution in [0, 0.1) is 0 Å². The fourth-order valence-corrected chi connectivity index (χ4v) is 0.746. The summed E-state index contributed by atoms with van der Waals surface area (Å²) in [6.45, 7) is 6.75. The van der Waals surface area contributed by atoms with Gasteiger partial charge in [0.05, 0.1) is 6.61 Å². The molecule has 0 aromatic carbocycles. The fraction of sp³-hybridized carbons (Fsp3) is 0.667. The standard InChI is InChI=1S/C9H17NO2/c1-8(2)7-9(11)10(3)5-6-12-4/h1,5-7H2,2-4H3. The van der Waals surface area contributed by atoms with Crippen LogP contribution >= 0.6 is 0 Å². The van der Waals surface area contributed by atoms with Gasteiger partial charge in [-0.05, 0) is 6.92 Å². The Labute approximate surface area is 74.0 Å². The first kappa shape index (κ1) is 11.2. The third-order valence-electron chi connectivity index (χ3n) is 1.51. The molecule has 0 atom stereocenters. The van der Waals surface area contributed by atoms with Crippen molar-refractivity contribution >= 4 is 5.91 Å². The topological polar surface area (TPSA) is 29.5 Å². The third kappa shape index (κ3) is 4.91. The molecule has 0 aromatic rings. The Bertz CT molecular complexity index is 166. The SMILES string of the molecule is C=C(C)CC(=O)N(C)CCOC. The molecule has 0 unspecified atom stereocenters. The molecule has 0 aliphatic heterocycles. The van der Waals surface area contributed by atoms with Crippen LogP contribution in [0.25, 0.3) is 0 Å². The molecule has 0 heterocycles. The molecule has 0 saturated heterocycles. The van der Waals surface area contributed by atoms with Crippen molar-refractivity contribution in [1.82, 2.24) is 4.90 Å². The number of nitrogens with zero attached hydrogens (tertiary/aromatic N) is 1. The minimum Gasteiger partial charge on any atom is -0.383 e. The van der Waals surface area contributed by atoms with Crippen molar-refractivity contribution in [2.75, 3.05) is 27.3 Å². The zero-order valence-corrected chi connectivity index (χ0v) is 8.09. The van der Waals surface area contributed by atoms with Crippen molar-refractivity contribution in [2.45, 2.75) is 13.3 Å². The van der Waals surface area contributed by atoms with Crippen LogP contribution in [0.1, 0.15) is 13.3 Å². The summed E-state index contributed by atoms with van der Waals surface area (Å²) in [5.41, 5.74) is 0.893. The van der Waals surface area contributed by atoms with Crippen molar-refractivity contribution in [3.05, 3.63) is 12.2 Å². The van der Waals surface area contributed by atoms with Gasteiger partial charge in [-0.25, -0.2) is 0 Å². The van der Waals surface area contributed by atoms with Crippen molar-refractivity contribution in [1.29, 1.82) is 0 Å². The number of hydrogen-bond donors (Lipinski definition) is 0. The smallest absolute Gasteiger partial charge is 0.226 e. The fourth-order valence-electron chi connectivity index (χ4n) is 0.746. The lowest BCUT2D eigenvalue weighted by Gasteiger charge is -2.16. The summed E-state index contributed by atoms with van der Waals surface area (Å²) in [4.78, 5) is 12.9. The minimum absolute atomic E-state index is 0.0968. The molecule has 0 aliphatic carbocycles. The Morgan fingerprint density at radius 1 is 1.58 bits per heavy atom. The maximum absolute atomic E-state index is 11.3. The summed E-state index contributed by atoms with van der Waals surface area (Å²) in [5.74, 6) is 0.0968. The first-order valence-corrected chi connectivity index (χ1v) is 3.95. The Morgan fingerprint density at radius 2 is 2.17 bits per heavy atom. The lowest BCUT2D eigenvalue weighted by atomic mass is 10.2. The highest BCUT2D eigenvalue weighted by Gasteiger charge is 2.07. The summed E-state index contributed by atoms with van der Waals surface area (Å²) in [6, 6.07) is 0. The lowest BCUT2D eigenvalue weighted by molar-refractivity contribution is -0.129. The molecule has 0 aliphatic rings. The van der Waals surface area contributed by atoms with Gasteiger partial charge in [0.15, 0.2) is 0 Å². The molecule has 0 rings (SSSR count). The van der Waals surface area contributed by atoms with Crippen LogP contribution < -0.4 is 0 Å². The molecular formula is C9H17NO2. The van der Waals surface area contributed by atoms with E-state index >= 15 is 0 Å². The largest absolute Gasteiger partial charge is 0.383 e. The van der Waals surface area contributed by atoms with E-state index in [9.17, 15) is 4.79 Å². The van der Waals surface area contributed by atoms with Crippen LogP contribution in [0.4, 0.5) is 0 Å². The van der Waals surface area contributed by atoms with Crippen molar-refractivity contribution in [2.24, 2.45) is 0 Å². The monoisotopic (exact) mass is 171 g/mol. The molecule has 0 N–H and O–H groups in total. The van der Waals surface area contributed by atoms with E-state index in [2.05, 4.69) is 6.58 Å². The first-order valence-electron chi connectivity index (χ1n) is 3.95. The van der Waals surface area contributed by atoms with Crippen LogP contribution in [0.15, 0.2) is 12.2 Å². The molecule has 12 heavy (non-hydrogen) atoms. The van der Waals surface area contributed by atoms with Crippen molar-refractivity contribution in [3.63, 3.8) is 0 Å². The van der Waals surface area contributed by atoms with Crippen molar-refractivity contribution in [3.8, 4) is 0 Å². The lowest BCUT2D eigenvalue weighted by Crippen LogP contribution is -2.29. The number of ether oxygens (including phenoxy) is 1. The van der Waals surface area contributed by atoms with Gasteiger partial charge < -0.3 is 9.64 Å². The molecule has 0 aromatic heterocycles. The molecule has 3 nitrogen and oxygen atoms in total. The number of rotatable bonds is 5. The highest BCUT2D eigenvalue weighted by atomic mass is 16.5. The summed E-state index contributed by atoms with van der Waals surface area (Å²) in [5, 5.41) is 0. The van der Waals surface area contributed by atoms with Gasteiger partial charge in [-0.2, -0.15) is 0 Å². The molecule has 0 spiro atoms. The maximum Gasteiger partial charge on any atom is 0.226 e. The molecule has 70 valence electrons. The number of methoxy groups -OCH3 is 1. The van der Waals surface area contributed by atoms with E-state index in [1.165, 1.54) is 0 Å². The van der Waals surface area contributed by atoms with Gasteiger partial charge in [-0.15, -0.1) is 0 Å². The van der Waals surface area contributed by atoms with Crippen LogP contribution in [0.2, 0.25) is 0 Å². The van der Waals surface area contributed by atoms with Gasteiger partial charge in [-0.1, -0.05) is 12.2 Å². The first-order chi connectivity index (χ1) is 5.57. The Balaban J connectivity index is 3.69. The Kier molecular flexibility index (Phi) is 5.37. The zero-order chi connectivity index (χ0) is 9.56. The third-order valence-corrected chi connectivity index (χ3v) is 1.51. The Morgan fingerprint density at radius 3 is 2.58 bits per heavy atom. The van der Waals surface area contributed by atoms with Crippen LogP contribution in [-0.2, 0) is 9.53 Å². The predicted molar refractivity (Wildman–Crippen MR) is 48.9 cm³/mol. The van der Waals surface area contributed by atoms with E-state index in [0.29, 0.717) is 19.6 Å². The molecule has 0 bridgehead atoms. The summed E-state index contributed by atoms with van der Waals surface area (Å²) >= 11 is 0. The summed E-state index contributed by atoms with van der Waals surface area (Å²) < 4.78 is 4.85. The molecule has 0 saturated carbocycles. The van der Waals surface area contributed by atoms with Gasteiger partial charge in [0.25, 0.3) is 0 Å². The second kappa shape index (κ2) is 5.77. The number of likely N-dealkylation sites (N-methyl/N-ethyl adjacent to an activating group) is 1. The highest BCUT2D eigenvalue weighted by Crippen LogP contribution is 1.99. The number of carbonyl (C=O) groups excluding carboxylic acids is 1. The van der Waals surface area contributed by atoms with Crippen LogP contribution in [0.3, 0.4) is 0 Å². The number of carbonyl (C=O) groups is 1. The highest BCUT2D eigenvalue weighted by molar-refractivity contribution is 5.78. The second-order valence-corrected chi connectivity index (χ2v) is 2.94. The molecule has 0 radical (unpaired) electrons. The quantitative estimate of drug-likeness (QED) is 0.579. The number of hydrogen-bond acceptors (Lipinski definition) is 2. The average molecular weight is 171 g/mol. The molecule has 0 fully saturated rings.